The topological polar surface area (TPSA) is 69.7 Å². The monoisotopic (exact) mass is 402 g/mol. The number of hydrogen-bond donors (Lipinski definition) is 0. The number of rotatable bonds is 3. The van der Waals surface area contributed by atoms with E-state index < -0.39 is 23.1 Å². The van der Waals surface area contributed by atoms with E-state index in [1.165, 1.54) is 12.5 Å². The summed E-state index contributed by atoms with van der Waals surface area (Å²) in [5.41, 5.74) is -0.224. The van der Waals surface area contributed by atoms with Gasteiger partial charge in [-0.2, -0.15) is 0 Å². The molecule has 0 aliphatic heterocycles. The molecule has 4 aliphatic rings. The molecule has 0 aromatic rings. The van der Waals surface area contributed by atoms with Gasteiger partial charge < -0.3 is 9.47 Å². The summed E-state index contributed by atoms with van der Waals surface area (Å²) < 4.78 is 11.7. The molecule has 160 valence electrons. The Kier molecular flexibility index (Phi) is 4.84. The Hall–Kier alpha value is -1.49. The van der Waals surface area contributed by atoms with Gasteiger partial charge in [-0.25, -0.2) is 0 Å². The Morgan fingerprint density at radius 3 is 2.41 bits per heavy atom. The van der Waals surface area contributed by atoms with Gasteiger partial charge in [0.05, 0.1) is 0 Å². The van der Waals surface area contributed by atoms with Crippen molar-refractivity contribution in [3.8, 4) is 0 Å². The van der Waals surface area contributed by atoms with Crippen LogP contribution in [-0.4, -0.2) is 36.4 Å². The number of methoxy groups -OCH3 is 1. The van der Waals surface area contributed by atoms with E-state index in [2.05, 4.69) is 13.8 Å². The molecule has 29 heavy (non-hydrogen) atoms. The maximum Gasteiger partial charge on any atom is 0.303 e. The lowest BCUT2D eigenvalue weighted by molar-refractivity contribution is -0.201. The molecule has 0 aromatic carbocycles. The van der Waals surface area contributed by atoms with Crippen LogP contribution in [0.25, 0.3) is 0 Å². The lowest BCUT2D eigenvalue weighted by atomic mass is 9.46. The second kappa shape index (κ2) is 6.76. The van der Waals surface area contributed by atoms with Gasteiger partial charge in [-0.05, 0) is 74.7 Å². The third-order valence-corrected chi connectivity index (χ3v) is 9.23. The summed E-state index contributed by atoms with van der Waals surface area (Å²) >= 11 is 0. The van der Waals surface area contributed by atoms with Crippen LogP contribution >= 0.6 is 0 Å². The van der Waals surface area contributed by atoms with Gasteiger partial charge >= 0.3 is 5.97 Å². The molecule has 0 unspecified atom stereocenters. The Balaban J connectivity index is 1.76. The molecule has 0 aromatic heterocycles. The van der Waals surface area contributed by atoms with Crippen LogP contribution in [0, 0.1) is 28.6 Å². The predicted molar refractivity (Wildman–Crippen MR) is 108 cm³/mol. The fourth-order valence-corrected chi connectivity index (χ4v) is 7.91. The lowest BCUT2D eigenvalue weighted by Gasteiger charge is -2.59. The number of esters is 1. The first kappa shape index (κ1) is 20.8. The van der Waals surface area contributed by atoms with Gasteiger partial charge in [0.25, 0.3) is 0 Å². The van der Waals surface area contributed by atoms with Crippen LogP contribution in [0.15, 0.2) is 11.6 Å². The summed E-state index contributed by atoms with van der Waals surface area (Å²) in [5.74, 6) is 0.976. The summed E-state index contributed by atoms with van der Waals surface area (Å²) in [6.07, 6.45) is 7.63. The van der Waals surface area contributed by atoms with E-state index in [4.69, 9.17) is 9.47 Å². The maximum absolute atomic E-state index is 13.0. The van der Waals surface area contributed by atoms with E-state index in [0.29, 0.717) is 18.3 Å². The summed E-state index contributed by atoms with van der Waals surface area (Å²) in [4.78, 5) is 37.1. The fraction of sp³-hybridized carbons (Fsp3) is 0.792. The normalized spacial score (nSPS) is 46.2. The number of carbonyl (C=O) groups excluding carboxylic acids is 3. The van der Waals surface area contributed by atoms with Crippen LogP contribution in [0.3, 0.4) is 0 Å². The Labute approximate surface area is 173 Å². The first-order valence-electron chi connectivity index (χ1n) is 11.1. The minimum Gasteiger partial charge on any atom is -0.448 e. The summed E-state index contributed by atoms with van der Waals surface area (Å²) in [7, 11) is 1.62. The quantitative estimate of drug-likeness (QED) is 0.667. The zero-order valence-corrected chi connectivity index (χ0v) is 18.4. The predicted octanol–water partition coefficient (Wildman–Crippen LogP) is 4.03. The maximum atomic E-state index is 13.0. The van der Waals surface area contributed by atoms with Crippen molar-refractivity contribution in [1.29, 1.82) is 0 Å². The molecule has 7 atom stereocenters. The first-order valence-corrected chi connectivity index (χ1v) is 11.1. The molecule has 4 rings (SSSR count). The average molecular weight is 403 g/mol. The van der Waals surface area contributed by atoms with Crippen LogP contribution in [-0.2, 0) is 23.9 Å². The van der Waals surface area contributed by atoms with E-state index in [1.54, 1.807) is 14.0 Å². The summed E-state index contributed by atoms with van der Waals surface area (Å²) in [6.45, 7) is 7.43. The highest BCUT2D eigenvalue weighted by molar-refractivity contribution is 5.92. The zero-order valence-electron chi connectivity index (χ0n) is 18.4. The van der Waals surface area contributed by atoms with Gasteiger partial charge in [-0.1, -0.05) is 19.4 Å². The molecule has 0 spiro atoms. The van der Waals surface area contributed by atoms with E-state index in [0.717, 1.165) is 38.5 Å². The minimum atomic E-state index is -1.21. The average Bonchev–Trinajstić information content (AvgIpc) is 2.91. The molecule has 0 bridgehead atoms. The van der Waals surface area contributed by atoms with Crippen molar-refractivity contribution in [2.75, 3.05) is 7.11 Å². The van der Waals surface area contributed by atoms with E-state index in [9.17, 15) is 14.4 Å². The molecule has 5 nitrogen and oxygen atoms in total. The Morgan fingerprint density at radius 1 is 1.07 bits per heavy atom. The smallest absolute Gasteiger partial charge is 0.303 e. The highest BCUT2D eigenvalue weighted by atomic mass is 16.6. The van der Waals surface area contributed by atoms with Crippen LogP contribution in [0.1, 0.15) is 72.6 Å². The van der Waals surface area contributed by atoms with Gasteiger partial charge in [0.1, 0.15) is 6.10 Å². The van der Waals surface area contributed by atoms with Gasteiger partial charge in [-0.15, -0.1) is 0 Å². The van der Waals surface area contributed by atoms with Crippen LogP contribution < -0.4 is 0 Å². The molecular weight excluding hydrogens is 368 g/mol. The fourth-order valence-electron chi connectivity index (χ4n) is 7.91. The van der Waals surface area contributed by atoms with Crippen molar-refractivity contribution in [3.05, 3.63) is 11.6 Å². The number of ether oxygens (including phenoxy) is 2. The molecule has 0 amide bonds. The summed E-state index contributed by atoms with van der Waals surface area (Å²) in [5, 5.41) is 0. The van der Waals surface area contributed by atoms with Gasteiger partial charge in [-0.3, -0.25) is 14.4 Å². The van der Waals surface area contributed by atoms with Gasteiger partial charge in [0.15, 0.2) is 11.6 Å². The number of fused-ring (bicyclic) bond motifs is 5. The van der Waals surface area contributed by atoms with Crippen LogP contribution in [0.4, 0.5) is 0 Å². The highest BCUT2D eigenvalue weighted by Crippen LogP contribution is 2.68. The van der Waals surface area contributed by atoms with Crippen molar-refractivity contribution in [2.45, 2.75) is 84.3 Å². The number of Topliss-reactive ketones (excluding diaryl/α,β-unsaturated/α-hetero) is 1. The van der Waals surface area contributed by atoms with E-state index in [-0.39, 0.29) is 22.9 Å². The zero-order chi connectivity index (χ0) is 21.2. The second-order valence-corrected chi connectivity index (χ2v) is 10.3. The molecular formula is C24H34O5. The Morgan fingerprint density at radius 2 is 1.79 bits per heavy atom. The highest BCUT2D eigenvalue weighted by Gasteiger charge is 2.72. The number of carbonyl (C=O) groups is 3. The van der Waals surface area contributed by atoms with Gasteiger partial charge in [0, 0.05) is 25.9 Å². The SMILES string of the molecule is CO[C@@H]1C[C@H]2[C@@H]3CCC4=CC(=O)CC[C@]4(C)[C@H]3CC[C@]2(C)[C@@]1(OC(C)=O)C(C)=O. The van der Waals surface area contributed by atoms with Crippen molar-refractivity contribution < 1.29 is 23.9 Å². The van der Waals surface area contributed by atoms with Crippen LogP contribution in [0.5, 0.6) is 0 Å². The minimum absolute atomic E-state index is 0.0730. The molecule has 3 fully saturated rings. The first-order chi connectivity index (χ1) is 13.6. The molecule has 0 radical (unpaired) electrons. The van der Waals surface area contributed by atoms with Crippen molar-refractivity contribution in [1.82, 2.24) is 0 Å². The van der Waals surface area contributed by atoms with E-state index in [1.807, 2.05) is 6.08 Å². The second-order valence-electron chi connectivity index (χ2n) is 10.3. The molecule has 4 aliphatic carbocycles. The van der Waals surface area contributed by atoms with E-state index >= 15 is 0 Å². The van der Waals surface area contributed by atoms with Crippen molar-refractivity contribution in [3.63, 3.8) is 0 Å². The number of ketones is 2. The summed E-state index contributed by atoms with van der Waals surface area (Å²) in [6, 6.07) is 0. The molecule has 3 saturated carbocycles. The molecule has 5 heteroatoms. The molecule has 0 heterocycles. The van der Waals surface area contributed by atoms with Crippen molar-refractivity contribution in [2.24, 2.45) is 28.6 Å². The third kappa shape index (κ3) is 2.65. The standard InChI is InChI=1S/C24H34O5/c1-14(25)24(29-15(2)26)21(28-5)13-20-18-7-6-16-12-17(27)8-10-22(16,3)19(18)9-11-23(20,24)4/h12,18-21H,6-11,13H2,1-5H3/t18-,19+,20+,21-,22+,23+,24-/m1/s1. The number of hydrogen-bond acceptors (Lipinski definition) is 5. The molecule has 0 saturated heterocycles. The Bertz CT molecular complexity index is 784. The van der Waals surface area contributed by atoms with Gasteiger partial charge in [0.2, 0.25) is 5.60 Å². The van der Waals surface area contributed by atoms with Crippen molar-refractivity contribution >= 4 is 17.5 Å². The lowest BCUT2D eigenvalue weighted by Crippen LogP contribution is -2.62. The van der Waals surface area contributed by atoms with Crippen LogP contribution in [0.2, 0.25) is 0 Å². The largest absolute Gasteiger partial charge is 0.448 e. The third-order valence-electron chi connectivity index (χ3n) is 9.23. The molecule has 0 N–H and O–H groups in total. The number of allylic oxidation sites excluding steroid dienone is 1.